The fraction of sp³-hybridized carbons (Fsp3) is 0.389. The molecule has 3 N–H and O–H groups in total. The van der Waals surface area contributed by atoms with Crippen molar-refractivity contribution in [1.29, 1.82) is 0 Å². The van der Waals surface area contributed by atoms with Gasteiger partial charge in [0.1, 0.15) is 0 Å². The minimum Gasteiger partial charge on any atom is -0.353 e. The van der Waals surface area contributed by atoms with Crippen LogP contribution in [0.2, 0.25) is 10.0 Å². The second-order valence-electron chi connectivity index (χ2n) is 6.30. The van der Waals surface area contributed by atoms with Crippen molar-refractivity contribution in [1.82, 2.24) is 10.2 Å². The number of halogens is 2. The van der Waals surface area contributed by atoms with Crippen molar-refractivity contribution in [2.75, 3.05) is 13.1 Å². The highest BCUT2D eigenvalue weighted by atomic mass is 35.5. The molecule has 3 rings (SSSR count). The number of carbonyl (C=O) groups excluding carboxylic acids is 1. The lowest BCUT2D eigenvalue weighted by molar-refractivity contribution is -0.122. The van der Waals surface area contributed by atoms with Crippen LogP contribution < -0.4 is 11.1 Å². The van der Waals surface area contributed by atoms with Crippen molar-refractivity contribution in [3.05, 3.63) is 55.7 Å². The maximum absolute atomic E-state index is 12.0. The summed E-state index contributed by atoms with van der Waals surface area (Å²) in [6.07, 6.45) is 1.01. The van der Waals surface area contributed by atoms with E-state index in [1.807, 2.05) is 12.1 Å². The summed E-state index contributed by atoms with van der Waals surface area (Å²) in [5.74, 6) is -0.164. The molecule has 134 valence electrons. The van der Waals surface area contributed by atoms with Crippen molar-refractivity contribution in [2.45, 2.75) is 32.0 Å². The van der Waals surface area contributed by atoms with Gasteiger partial charge in [-0.05, 0) is 48.1 Å². The number of benzene rings is 1. The molecule has 1 aromatic heterocycles. The molecule has 7 heteroatoms. The molecule has 2 heterocycles. The van der Waals surface area contributed by atoms with Crippen LogP contribution in [0.5, 0.6) is 0 Å². The number of nitrogens with one attached hydrogen (secondary N) is 1. The lowest BCUT2D eigenvalue weighted by Crippen LogP contribution is -2.44. The highest BCUT2D eigenvalue weighted by Crippen LogP contribution is 2.34. The van der Waals surface area contributed by atoms with Crippen LogP contribution in [0.1, 0.15) is 29.0 Å². The fourth-order valence-electron chi connectivity index (χ4n) is 3.10. The van der Waals surface area contributed by atoms with Crippen LogP contribution >= 0.6 is 34.5 Å². The Morgan fingerprint density at radius 2 is 2.20 bits per heavy atom. The van der Waals surface area contributed by atoms with Crippen LogP contribution in [-0.4, -0.2) is 29.9 Å². The Morgan fingerprint density at radius 1 is 1.40 bits per heavy atom. The van der Waals surface area contributed by atoms with Gasteiger partial charge in [-0.1, -0.05) is 29.3 Å². The number of carbonyl (C=O) groups is 1. The van der Waals surface area contributed by atoms with Crippen LogP contribution in [-0.2, 0) is 17.8 Å². The molecule has 2 atom stereocenters. The zero-order valence-corrected chi connectivity index (χ0v) is 16.3. The number of hydrogen-bond acceptors (Lipinski definition) is 4. The van der Waals surface area contributed by atoms with E-state index < -0.39 is 6.04 Å². The lowest BCUT2D eigenvalue weighted by atomic mass is 10.0. The molecule has 2 aromatic rings. The van der Waals surface area contributed by atoms with Gasteiger partial charge in [0.05, 0.1) is 12.1 Å². The summed E-state index contributed by atoms with van der Waals surface area (Å²) < 4.78 is 0. The first-order valence-corrected chi connectivity index (χ1v) is 9.87. The van der Waals surface area contributed by atoms with E-state index >= 15 is 0 Å². The minimum absolute atomic E-state index is 0.0273. The van der Waals surface area contributed by atoms with Crippen LogP contribution in [0.3, 0.4) is 0 Å². The van der Waals surface area contributed by atoms with Gasteiger partial charge >= 0.3 is 0 Å². The van der Waals surface area contributed by atoms with E-state index in [1.54, 1.807) is 24.3 Å². The Morgan fingerprint density at radius 3 is 2.92 bits per heavy atom. The minimum atomic E-state index is -0.536. The molecule has 0 bridgehead atoms. The van der Waals surface area contributed by atoms with E-state index in [9.17, 15) is 4.79 Å². The molecule has 25 heavy (non-hydrogen) atoms. The monoisotopic (exact) mass is 397 g/mol. The Hall–Kier alpha value is -1.11. The molecule has 4 nitrogen and oxygen atoms in total. The summed E-state index contributed by atoms with van der Waals surface area (Å²) in [6, 6.07) is 7.14. The standard InChI is InChI=1S/C18H21Cl2N3OS/c1-11(21)18(24)22-9-16(14-3-2-13(19)8-15(14)20)23-6-4-17-12(10-23)5-7-25-17/h2-3,5,7-8,11,16H,4,6,9-10,21H2,1H3,(H,22,24)/t11-,16?/m1/s1. The van der Waals surface area contributed by atoms with Gasteiger partial charge in [0.15, 0.2) is 0 Å². The van der Waals surface area contributed by atoms with E-state index in [2.05, 4.69) is 21.7 Å². The summed E-state index contributed by atoms with van der Waals surface area (Å²) in [5, 5.41) is 6.30. The van der Waals surface area contributed by atoms with Gasteiger partial charge in [0, 0.05) is 34.6 Å². The quantitative estimate of drug-likeness (QED) is 0.809. The average molecular weight is 398 g/mol. The second-order valence-corrected chi connectivity index (χ2v) is 8.15. The summed E-state index contributed by atoms with van der Waals surface area (Å²) in [4.78, 5) is 15.7. The lowest BCUT2D eigenvalue weighted by Gasteiger charge is -2.35. The highest BCUT2D eigenvalue weighted by molar-refractivity contribution is 7.10. The number of nitrogens with two attached hydrogens (primary N) is 1. The first-order valence-electron chi connectivity index (χ1n) is 8.23. The molecule has 1 aromatic carbocycles. The molecule has 1 unspecified atom stereocenters. The van der Waals surface area contributed by atoms with Crippen LogP contribution in [0.25, 0.3) is 0 Å². The van der Waals surface area contributed by atoms with Crippen molar-refractivity contribution in [3.63, 3.8) is 0 Å². The van der Waals surface area contributed by atoms with Crippen LogP contribution in [0, 0.1) is 0 Å². The second kappa shape index (κ2) is 8.06. The maximum Gasteiger partial charge on any atom is 0.236 e. The first-order chi connectivity index (χ1) is 12.0. The third-order valence-electron chi connectivity index (χ3n) is 4.48. The van der Waals surface area contributed by atoms with E-state index in [0.717, 1.165) is 25.1 Å². The predicted octanol–water partition coefficient (Wildman–Crippen LogP) is 3.62. The number of thiophene rings is 1. The molecule has 0 fully saturated rings. The van der Waals surface area contributed by atoms with Gasteiger partial charge < -0.3 is 11.1 Å². The topological polar surface area (TPSA) is 58.4 Å². The molecule has 0 aliphatic carbocycles. The highest BCUT2D eigenvalue weighted by Gasteiger charge is 2.27. The van der Waals surface area contributed by atoms with Gasteiger partial charge in [0.2, 0.25) is 5.91 Å². The molecule has 0 saturated carbocycles. The molecule has 1 aliphatic heterocycles. The predicted molar refractivity (Wildman–Crippen MR) is 104 cm³/mol. The van der Waals surface area contributed by atoms with E-state index in [1.165, 1.54) is 10.4 Å². The third-order valence-corrected chi connectivity index (χ3v) is 6.07. The van der Waals surface area contributed by atoms with Gasteiger partial charge in [-0.2, -0.15) is 0 Å². The van der Waals surface area contributed by atoms with Crippen molar-refractivity contribution < 1.29 is 4.79 Å². The summed E-state index contributed by atoms with van der Waals surface area (Å²) >= 11 is 14.3. The van der Waals surface area contributed by atoms with Gasteiger partial charge in [0.25, 0.3) is 0 Å². The molecule has 1 aliphatic rings. The third kappa shape index (κ3) is 4.36. The summed E-state index contributed by atoms with van der Waals surface area (Å²) in [5.41, 5.74) is 7.99. The van der Waals surface area contributed by atoms with Gasteiger partial charge in [-0.25, -0.2) is 0 Å². The number of hydrogen-bond donors (Lipinski definition) is 2. The van der Waals surface area contributed by atoms with Crippen LogP contribution in [0.15, 0.2) is 29.6 Å². The molecule has 0 radical (unpaired) electrons. The number of nitrogens with zero attached hydrogens (tertiary/aromatic N) is 1. The Labute approximate surface area is 161 Å². The van der Waals surface area contributed by atoms with Crippen molar-refractivity contribution in [2.24, 2.45) is 5.73 Å². The smallest absolute Gasteiger partial charge is 0.236 e. The molecular formula is C18H21Cl2N3OS. The SMILES string of the molecule is C[C@@H](N)C(=O)NCC(c1ccc(Cl)cc1Cl)N1CCc2sccc2C1. The normalized spacial score (nSPS) is 17.0. The molecular weight excluding hydrogens is 377 g/mol. The van der Waals surface area contributed by atoms with Crippen molar-refractivity contribution >= 4 is 40.4 Å². The van der Waals surface area contributed by atoms with Crippen molar-refractivity contribution in [3.8, 4) is 0 Å². The Balaban J connectivity index is 1.85. The van der Waals surface area contributed by atoms with E-state index in [-0.39, 0.29) is 11.9 Å². The molecule has 1 amide bonds. The first kappa shape index (κ1) is 18.7. The van der Waals surface area contributed by atoms with E-state index in [0.29, 0.717) is 16.6 Å². The number of fused-ring (bicyclic) bond motifs is 1. The fourth-order valence-corrected chi connectivity index (χ4v) is 4.53. The number of rotatable bonds is 5. The zero-order chi connectivity index (χ0) is 18.0. The zero-order valence-electron chi connectivity index (χ0n) is 14.0. The van der Waals surface area contributed by atoms with Crippen LogP contribution in [0.4, 0.5) is 0 Å². The summed E-state index contributed by atoms with van der Waals surface area (Å²) in [6.45, 7) is 3.90. The van der Waals surface area contributed by atoms with Gasteiger partial charge in [-0.3, -0.25) is 9.69 Å². The largest absolute Gasteiger partial charge is 0.353 e. The summed E-state index contributed by atoms with van der Waals surface area (Å²) in [7, 11) is 0. The molecule has 0 spiro atoms. The average Bonchev–Trinajstić information content (AvgIpc) is 3.04. The van der Waals surface area contributed by atoms with E-state index in [4.69, 9.17) is 28.9 Å². The maximum atomic E-state index is 12.0. The Kier molecular flexibility index (Phi) is 6.02. The Bertz CT molecular complexity index is 763. The van der Waals surface area contributed by atoms with Gasteiger partial charge in [-0.15, -0.1) is 11.3 Å². The number of amides is 1. The molecule has 0 saturated heterocycles.